The second-order valence-corrected chi connectivity index (χ2v) is 5.88. The van der Waals surface area contributed by atoms with Crippen molar-refractivity contribution in [3.05, 3.63) is 28.2 Å². The predicted molar refractivity (Wildman–Crippen MR) is 76.8 cm³/mol. The average molecular weight is 315 g/mol. The zero-order valence-corrected chi connectivity index (χ0v) is 12.5. The number of hydrogen-bond donors (Lipinski definition) is 2. The molecule has 1 amide bonds. The molecule has 0 aliphatic rings. The highest BCUT2D eigenvalue weighted by atomic mass is 79.9. The van der Waals surface area contributed by atoms with E-state index in [1.54, 1.807) is 0 Å². The van der Waals surface area contributed by atoms with Crippen LogP contribution in [0, 0.1) is 0 Å². The van der Waals surface area contributed by atoms with Crippen LogP contribution in [0.5, 0.6) is 0 Å². The highest BCUT2D eigenvalue weighted by molar-refractivity contribution is 9.10. The number of hydrogen-bond acceptors (Lipinski definition) is 3. The topological polar surface area (TPSA) is 64.3 Å². The molecule has 1 aromatic carbocycles. The lowest BCUT2D eigenvalue weighted by Crippen LogP contribution is -2.27. The Balaban J connectivity index is 2.82. The lowest BCUT2D eigenvalue weighted by Gasteiger charge is -2.20. The van der Waals surface area contributed by atoms with Crippen LogP contribution in [0.15, 0.2) is 22.7 Å². The number of carbonyl (C=O) groups excluding carboxylic acids is 1. The number of benzene rings is 1. The standard InChI is InChI=1S/C13H19BrN2O2/c1-13(2,3)18-12(17)16-11-8-10(14)5-4-9(11)6-7-15/h4-5,8H,6-7,15H2,1-3H3,(H,16,17). The first-order chi connectivity index (χ1) is 8.31. The van der Waals surface area contributed by atoms with E-state index in [-0.39, 0.29) is 0 Å². The van der Waals surface area contributed by atoms with Gasteiger partial charge in [-0.15, -0.1) is 0 Å². The molecule has 0 saturated heterocycles. The van der Waals surface area contributed by atoms with Crippen LogP contribution < -0.4 is 11.1 Å². The lowest BCUT2D eigenvalue weighted by atomic mass is 10.1. The summed E-state index contributed by atoms with van der Waals surface area (Å²) in [5.41, 5.74) is 6.75. The van der Waals surface area contributed by atoms with Gasteiger partial charge >= 0.3 is 6.09 Å². The van der Waals surface area contributed by atoms with Crippen molar-refractivity contribution >= 4 is 27.7 Å². The normalized spacial score (nSPS) is 11.2. The van der Waals surface area contributed by atoms with Gasteiger partial charge in [-0.1, -0.05) is 22.0 Å². The van der Waals surface area contributed by atoms with E-state index >= 15 is 0 Å². The molecule has 1 rings (SSSR count). The Labute approximate surface area is 116 Å². The molecular weight excluding hydrogens is 296 g/mol. The van der Waals surface area contributed by atoms with Crippen LogP contribution in [0.25, 0.3) is 0 Å². The van der Waals surface area contributed by atoms with E-state index in [9.17, 15) is 4.79 Å². The van der Waals surface area contributed by atoms with Gasteiger partial charge in [0.1, 0.15) is 5.60 Å². The molecule has 0 saturated carbocycles. The van der Waals surface area contributed by atoms with Crippen molar-refractivity contribution < 1.29 is 9.53 Å². The SMILES string of the molecule is CC(C)(C)OC(=O)Nc1cc(Br)ccc1CCN. The Morgan fingerprint density at radius 1 is 1.44 bits per heavy atom. The molecule has 4 nitrogen and oxygen atoms in total. The number of nitrogens with one attached hydrogen (secondary N) is 1. The lowest BCUT2D eigenvalue weighted by molar-refractivity contribution is 0.0636. The van der Waals surface area contributed by atoms with Crippen molar-refractivity contribution in [2.75, 3.05) is 11.9 Å². The molecular formula is C13H19BrN2O2. The summed E-state index contributed by atoms with van der Waals surface area (Å²) in [6, 6.07) is 5.70. The van der Waals surface area contributed by atoms with Crippen LogP contribution in [0.1, 0.15) is 26.3 Å². The summed E-state index contributed by atoms with van der Waals surface area (Å²) in [5, 5.41) is 2.75. The molecule has 3 N–H and O–H groups in total. The second-order valence-electron chi connectivity index (χ2n) is 4.97. The van der Waals surface area contributed by atoms with Crippen molar-refractivity contribution in [2.24, 2.45) is 5.73 Å². The van der Waals surface area contributed by atoms with E-state index in [0.29, 0.717) is 13.0 Å². The van der Waals surface area contributed by atoms with Crippen LogP contribution >= 0.6 is 15.9 Å². The van der Waals surface area contributed by atoms with E-state index in [4.69, 9.17) is 10.5 Å². The van der Waals surface area contributed by atoms with E-state index in [1.807, 2.05) is 39.0 Å². The van der Waals surface area contributed by atoms with E-state index in [2.05, 4.69) is 21.2 Å². The van der Waals surface area contributed by atoms with Gasteiger partial charge in [0.2, 0.25) is 0 Å². The molecule has 100 valence electrons. The molecule has 0 aliphatic carbocycles. The summed E-state index contributed by atoms with van der Waals surface area (Å²) in [7, 11) is 0. The fourth-order valence-corrected chi connectivity index (χ4v) is 1.81. The number of nitrogens with two attached hydrogens (primary N) is 1. The highest BCUT2D eigenvalue weighted by Crippen LogP contribution is 2.22. The molecule has 0 radical (unpaired) electrons. The van der Waals surface area contributed by atoms with Crippen molar-refractivity contribution in [1.82, 2.24) is 0 Å². The van der Waals surface area contributed by atoms with Crippen LogP contribution in [-0.4, -0.2) is 18.2 Å². The molecule has 1 aromatic rings. The molecule has 0 spiro atoms. The summed E-state index contributed by atoms with van der Waals surface area (Å²) in [6.45, 7) is 6.02. The molecule has 0 heterocycles. The maximum atomic E-state index is 11.7. The Morgan fingerprint density at radius 3 is 2.67 bits per heavy atom. The van der Waals surface area contributed by atoms with Crippen molar-refractivity contribution in [3.63, 3.8) is 0 Å². The first-order valence-corrected chi connectivity index (χ1v) is 6.59. The molecule has 5 heteroatoms. The summed E-state index contributed by atoms with van der Waals surface area (Å²) in [4.78, 5) is 11.7. The largest absolute Gasteiger partial charge is 0.444 e. The fourth-order valence-electron chi connectivity index (χ4n) is 1.45. The Kier molecular flexibility index (Phi) is 5.16. The Hall–Kier alpha value is -1.07. The number of anilines is 1. The van der Waals surface area contributed by atoms with Crippen LogP contribution in [0.4, 0.5) is 10.5 Å². The van der Waals surface area contributed by atoms with E-state index in [1.165, 1.54) is 0 Å². The molecule has 0 atom stereocenters. The minimum Gasteiger partial charge on any atom is -0.444 e. The van der Waals surface area contributed by atoms with Crippen molar-refractivity contribution in [2.45, 2.75) is 32.8 Å². The summed E-state index contributed by atoms with van der Waals surface area (Å²) >= 11 is 3.38. The fraction of sp³-hybridized carbons (Fsp3) is 0.462. The van der Waals surface area contributed by atoms with Gasteiger partial charge in [-0.2, -0.15) is 0 Å². The van der Waals surface area contributed by atoms with Gasteiger partial charge in [-0.05, 0) is 51.4 Å². The smallest absolute Gasteiger partial charge is 0.412 e. The maximum Gasteiger partial charge on any atom is 0.412 e. The third-order valence-electron chi connectivity index (χ3n) is 2.12. The summed E-state index contributed by atoms with van der Waals surface area (Å²) < 4.78 is 6.12. The number of carbonyl (C=O) groups is 1. The van der Waals surface area contributed by atoms with Crippen molar-refractivity contribution in [1.29, 1.82) is 0 Å². The van der Waals surface area contributed by atoms with Gasteiger partial charge in [0.05, 0.1) is 0 Å². The Bertz CT molecular complexity index is 427. The van der Waals surface area contributed by atoms with Crippen LogP contribution in [-0.2, 0) is 11.2 Å². The molecule has 0 aliphatic heterocycles. The number of halogens is 1. The minimum atomic E-state index is -0.510. The molecule has 18 heavy (non-hydrogen) atoms. The quantitative estimate of drug-likeness (QED) is 0.899. The zero-order valence-electron chi connectivity index (χ0n) is 10.9. The first kappa shape index (κ1) is 15.0. The van der Waals surface area contributed by atoms with Gasteiger partial charge < -0.3 is 10.5 Å². The van der Waals surface area contributed by atoms with Crippen LogP contribution in [0.2, 0.25) is 0 Å². The molecule has 0 unspecified atom stereocenters. The molecule has 0 fully saturated rings. The third-order valence-corrected chi connectivity index (χ3v) is 2.61. The second kappa shape index (κ2) is 6.20. The van der Waals surface area contributed by atoms with Gasteiger partial charge in [-0.3, -0.25) is 5.32 Å². The highest BCUT2D eigenvalue weighted by Gasteiger charge is 2.17. The van der Waals surface area contributed by atoms with E-state index in [0.717, 1.165) is 15.7 Å². The Morgan fingerprint density at radius 2 is 2.11 bits per heavy atom. The minimum absolute atomic E-state index is 0.459. The number of rotatable bonds is 3. The summed E-state index contributed by atoms with van der Waals surface area (Å²) in [5.74, 6) is 0. The number of amides is 1. The van der Waals surface area contributed by atoms with Gasteiger partial charge in [0.25, 0.3) is 0 Å². The predicted octanol–water partition coefficient (Wildman–Crippen LogP) is 3.30. The zero-order chi connectivity index (χ0) is 13.8. The number of ether oxygens (including phenoxy) is 1. The molecule has 0 aromatic heterocycles. The molecule has 0 bridgehead atoms. The van der Waals surface area contributed by atoms with E-state index < -0.39 is 11.7 Å². The monoisotopic (exact) mass is 314 g/mol. The maximum absolute atomic E-state index is 11.7. The van der Waals surface area contributed by atoms with Crippen LogP contribution in [0.3, 0.4) is 0 Å². The van der Waals surface area contributed by atoms with Gasteiger partial charge in [0, 0.05) is 10.2 Å². The first-order valence-electron chi connectivity index (χ1n) is 5.80. The average Bonchev–Trinajstić information content (AvgIpc) is 2.19. The van der Waals surface area contributed by atoms with Gasteiger partial charge in [-0.25, -0.2) is 4.79 Å². The summed E-state index contributed by atoms with van der Waals surface area (Å²) in [6.07, 6.45) is 0.247. The van der Waals surface area contributed by atoms with Crippen molar-refractivity contribution in [3.8, 4) is 0 Å². The third kappa shape index (κ3) is 5.06. The van der Waals surface area contributed by atoms with Gasteiger partial charge in [0.15, 0.2) is 0 Å².